The van der Waals surface area contributed by atoms with E-state index in [9.17, 15) is 14.4 Å². The lowest BCUT2D eigenvalue weighted by Gasteiger charge is -2.41. The largest absolute Gasteiger partial charge is 0.461 e. The summed E-state index contributed by atoms with van der Waals surface area (Å²) < 4.78 is 43.7. The Morgan fingerprint density at radius 2 is 1.98 bits per heavy atom. The monoisotopic (exact) mass is 770 g/mol. The summed E-state index contributed by atoms with van der Waals surface area (Å²) in [7, 11) is 0. The molecule has 8 rings (SSSR count). The van der Waals surface area contributed by atoms with E-state index in [2.05, 4.69) is 25.8 Å². The van der Waals surface area contributed by atoms with Crippen molar-refractivity contribution in [1.29, 1.82) is 5.26 Å². The van der Waals surface area contributed by atoms with Gasteiger partial charge in [0.15, 0.2) is 5.82 Å². The molecule has 0 saturated carbocycles. The second-order valence-electron chi connectivity index (χ2n) is 15.0. The number of hydrogen-bond donors (Lipinski definition) is 0. The summed E-state index contributed by atoms with van der Waals surface area (Å²) in [6, 6.07) is 12.8. The van der Waals surface area contributed by atoms with E-state index in [0.29, 0.717) is 66.4 Å². The molecule has 11 nitrogen and oxygen atoms in total. The topological polar surface area (TPSA) is 111 Å². The first-order valence-corrected chi connectivity index (χ1v) is 19.6. The van der Waals surface area contributed by atoms with Crippen molar-refractivity contribution in [2.24, 2.45) is 0 Å². The molecule has 6 heterocycles. The fourth-order valence-corrected chi connectivity index (χ4v) is 9.29. The van der Waals surface area contributed by atoms with Gasteiger partial charge in [0.2, 0.25) is 5.91 Å². The van der Waals surface area contributed by atoms with Gasteiger partial charge in [-0.3, -0.25) is 19.6 Å². The van der Waals surface area contributed by atoms with Crippen molar-refractivity contribution in [3.8, 4) is 23.3 Å². The summed E-state index contributed by atoms with van der Waals surface area (Å²) in [5.41, 5.74) is 0.178. The van der Waals surface area contributed by atoms with Gasteiger partial charge in [0.25, 0.3) is 0 Å². The Morgan fingerprint density at radius 1 is 1.13 bits per heavy atom. The molecule has 4 saturated heterocycles. The number of carbonyl (C=O) groups is 1. The standard InChI is InChI=1S/C41H45ClF2N8O3/c1-2-54-30-13-18-49(25-30)16-5-11-34(53)52-20-19-50(24-29(52)12-15-45)39-32-22-46-37(31-9-3-7-27-8-4-10-33(42)35(27)31)36(44)38(32)47-40(48-39)55-26-41-14-6-17-51(41)23-28(43)21-41/h3-5,7-11,22,28-30H,2,6,12-14,16-21,23-26H2,1H3/b11-5+/t28-,29+,30+,41+/m1/s1. The van der Waals surface area contributed by atoms with E-state index in [0.717, 1.165) is 44.3 Å². The number of carbonyl (C=O) groups excluding carboxylic acids is 1. The molecule has 4 aliphatic heterocycles. The number of nitrogens with zero attached hydrogens (tertiary/aromatic N) is 8. The number of likely N-dealkylation sites (tertiary alicyclic amines) is 1. The maximum absolute atomic E-state index is 17.0. The molecule has 0 bridgehead atoms. The highest BCUT2D eigenvalue weighted by Crippen LogP contribution is 2.41. The van der Waals surface area contributed by atoms with Gasteiger partial charge in [0.1, 0.15) is 29.8 Å². The van der Waals surface area contributed by atoms with Crippen LogP contribution >= 0.6 is 11.6 Å². The van der Waals surface area contributed by atoms with Crippen molar-refractivity contribution >= 4 is 45.0 Å². The lowest BCUT2D eigenvalue weighted by Crippen LogP contribution is -2.55. The Kier molecular flexibility index (Phi) is 10.9. The maximum Gasteiger partial charge on any atom is 0.319 e. The number of ether oxygens (including phenoxy) is 2. The van der Waals surface area contributed by atoms with Crippen LogP contribution in [-0.2, 0) is 9.53 Å². The van der Waals surface area contributed by atoms with Crippen molar-refractivity contribution in [3.63, 3.8) is 0 Å². The molecule has 55 heavy (non-hydrogen) atoms. The molecule has 2 aromatic heterocycles. The van der Waals surface area contributed by atoms with Gasteiger partial charge in [-0.05, 0) is 44.2 Å². The number of anilines is 1. The van der Waals surface area contributed by atoms with Gasteiger partial charge in [-0.2, -0.15) is 15.2 Å². The molecule has 4 fully saturated rings. The van der Waals surface area contributed by atoms with E-state index in [4.69, 9.17) is 26.1 Å². The first-order chi connectivity index (χ1) is 26.8. The molecule has 4 atom stereocenters. The van der Waals surface area contributed by atoms with Crippen molar-refractivity contribution in [3.05, 3.63) is 65.6 Å². The zero-order valence-electron chi connectivity index (χ0n) is 31.0. The van der Waals surface area contributed by atoms with Gasteiger partial charge in [-0.1, -0.05) is 48.0 Å². The highest BCUT2D eigenvalue weighted by Gasteiger charge is 2.49. The number of halogens is 3. The predicted molar refractivity (Wildman–Crippen MR) is 207 cm³/mol. The van der Waals surface area contributed by atoms with E-state index in [-0.39, 0.29) is 48.8 Å². The number of fused-ring (bicyclic) bond motifs is 3. The number of nitriles is 1. The van der Waals surface area contributed by atoms with Crippen LogP contribution in [0, 0.1) is 17.1 Å². The Bertz CT molecular complexity index is 2150. The summed E-state index contributed by atoms with van der Waals surface area (Å²) >= 11 is 6.64. The number of aromatic nitrogens is 3. The van der Waals surface area contributed by atoms with Crippen molar-refractivity contribution in [2.75, 3.05) is 70.5 Å². The van der Waals surface area contributed by atoms with Crippen molar-refractivity contribution in [1.82, 2.24) is 29.7 Å². The number of hydrogen-bond acceptors (Lipinski definition) is 10. The van der Waals surface area contributed by atoms with Gasteiger partial charge < -0.3 is 19.3 Å². The molecular formula is C41H45ClF2N8O3. The third-order valence-corrected chi connectivity index (χ3v) is 11.9. The van der Waals surface area contributed by atoms with E-state index in [1.54, 1.807) is 29.3 Å². The zero-order valence-corrected chi connectivity index (χ0v) is 31.7. The van der Waals surface area contributed by atoms with Crippen LogP contribution in [0.3, 0.4) is 0 Å². The maximum atomic E-state index is 17.0. The van der Waals surface area contributed by atoms with Crippen LogP contribution in [0.4, 0.5) is 14.6 Å². The van der Waals surface area contributed by atoms with Gasteiger partial charge in [0.05, 0.1) is 35.6 Å². The van der Waals surface area contributed by atoms with Crippen LogP contribution in [0.5, 0.6) is 6.01 Å². The fourth-order valence-electron chi connectivity index (χ4n) is 9.01. The van der Waals surface area contributed by atoms with Crippen LogP contribution in [0.2, 0.25) is 5.02 Å². The van der Waals surface area contributed by atoms with E-state index in [1.165, 1.54) is 0 Å². The summed E-state index contributed by atoms with van der Waals surface area (Å²) in [5, 5.41) is 12.2. The number of pyridine rings is 1. The lowest BCUT2D eigenvalue weighted by atomic mass is 9.95. The number of rotatable bonds is 11. The quantitative estimate of drug-likeness (QED) is 0.164. The molecule has 2 aromatic carbocycles. The van der Waals surface area contributed by atoms with Crippen LogP contribution in [0.15, 0.2) is 54.7 Å². The normalized spacial score (nSPS) is 24.7. The molecule has 0 unspecified atom stereocenters. The summed E-state index contributed by atoms with van der Waals surface area (Å²) in [4.78, 5) is 35.7. The second-order valence-corrected chi connectivity index (χ2v) is 15.4. The van der Waals surface area contributed by atoms with E-state index < -0.39 is 23.6 Å². The number of piperazine rings is 1. The molecule has 0 N–H and O–H groups in total. The summed E-state index contributed by atoms with van der Waals surface area (Å²) in [6.45, 7) is 7.40. The van der Waals surface area contributed by atoms with Crippen LogP contribution in [0.25, 0.3) is 32.9 Å². The predicted octanol–water partition coefficient (Wildman–Crippen LogP) is 6.19. The third-order valence-electron chi connectivity index (χ3n) is 11.6. The summed E-state index contributed by atoms with van der Waals surface area (Å²) in [5.74, 6) is -0.416. The third kappa shape index (κ3) is 7.45. The highest BCUT2D eigenvalue weighted by molar-refractivity contribution is 6.36. The van der Waals surface area contributed by atoms with Crippen molar-refractivity contribution in [2.45, 2.75) is 62.9 Å². The molecule has 4 aromatic rings. The van der Waals surface area contributed by atoms with Gasteiger partial charge in [0, 0.05) is 87.1 Å². The minimum atomic E-state index is -0.936. The number of benzene rings is 2. The van der Waals surface area contributed by atoms with Crippen LogP contribution in [0.1, 0.15) is 39.0 Å². The summed E-state index contributed by atoms with van der Waals surface area (Å²) in [6.07, 6.45) is 7.51. The molecule has 0 aliphatic carbocycles. The van der Waals surface area contributed by atoms with Crippen LogP contribution < -0.4 is 9.64 Å². The number of amides is 1. The molecule has 0 radical (unpaired) electrons. The van der Waals surface area contributed by atoms with Gasteiger partial charge >= 0.3 is 6.01 Å². The molecule has 288 valence electrons. The average Bonchev–Trinajstić information content (AvgIpc) is 3.88. The van der Waals surface area contributed by atoms with Gasteiger partial charge in [-0.25, -0.2) is 8.78 Å². The molecular weight excluding hydrogens is 726 g/mol. The Hall–Kier alpha value is -4.48. The van der Waals surface area contributed by atoms with Gasteiger partial charge in [-0.15, -0.1) is 0 Å². The minimum absolute atomic E-state index is 0.0233. The smallest absolute Gasteiger partial charge is 0.319 e. The molecule has 4 aliphatic rings. The Morgan fingerprint density at radius 3 is 2.82 bits per heavy atom. The highest BCUT2D eigenvalue weighted by atomic mass is 35.5. The molecule has 0 spiro atoms. The fraction of sp³-hybridized carbons (Fsp3) is 0.488. The first-order valence-electron chi connectivity index (χ1n) is 19.3. The van der Waals surface area contributed by atoms with Crippen LogP contribution in [-0.4, -0.2) is 125 Å². The Labute approximate surface area is 324 Å². The SMILES string of the molecule is CCO[C@H]1CCN(C/C=C/C(=O)N2CCN(c3nc(OC[C@@]45CCCN4C[C@H](F)C5)nc4c(F)c(-c5cccc6cccc(Cl)c56)ncc34)C[C@@H]2CC#N)C1. The lowest BCUT2D eigenvalue weighted by molar-refractivity contribution is -0.128. The average molecular weight is 771 g/mol. The number of alkyl halides is 1. The Balaban J connectivity index is 1.10. The zero-order chi connectivity index (χ0) is 38.1. The molecule has 1 amide bonds. The minimum Gasteiger partial charge on any atom is -0.461 e. The van der Waals surface area contributed by atoms with Crippen molar-refractivity contribution < 1.29 is 23.0 Å². The van der Waals surface area contributed by atoms with E-state index in [1.807, 2.05) is 42.2 Å². The second kappa shape index (κ2) is 15.9. The van der Waals surface area contributed by atoms with E-state index >= 15 is 4.39 Å². The molecule has 14 heteroatoms. The first kappa shape index (κ1) is 37.4.